The monoisotopic (exact) mass is 484 g/mol. The average Bonchev–Trinajstić information content (AvgIpc) is 3.67. The Labute approximate surface area is 210 Å². The second kappa shape index (κ2) is 7.36. The lowest BCUT2D eigenvalue weighted by molar-refractivity contribution is -0.0555. The number of aromatic nitrogens is 6. The van der Waals surface area contributed by atoms with Crippen LogP contribution in [0.4, 0.5) is 5.69 Å². The molecule has 2 bridgehead atoms. The van der Waals surface area contributed by atoms with Crippen molar-refractivity contribution < 1.29 is 4.74 Å². The van der Waals surface area contributed by atoms with Crippen molar-refractivity contribution in [2.75, 3.05) is 31.1 Å². The van der Waals surface area contributed by atoms with Gasteiger partial charge in [0.1, 0.15) is 11.4 Å². The number of hydrogen-bond acceptors (Lipinski definition) is 7. The second-order valence-corrected chi connectivity index (χ2v) is 11.3. The Bertz CT molecular complexity index is 1460. The molecule has 3 aliphatic heterocycles. The van der Waals surface area contributed by atoms with Gasteiger partial charge >= 0.3 is 0 Å². The number of rotatable bonds is 5. The fourth-order valence-corrected chi connectivity index (χ4v) is 6.87. The molecule has 9 heteroatoms. The number of nitrogens with two attached hydrogens (primary N) is 1. The van der Waals surface area contributed by atoms with Gasteiger partial charge in [0, 0.05) is 30.5 Å². The molecule has 1 aliphatic carbocycles. The average molecular weight is 485 g/mol. The molecule has 36 heavy (non-hydrogen) atoms. The molecule has 6 heterocycles. The van der Waals surface area contributed by atoms with Crippen LogP contribution in [0, 0.1) is 19.3 Å². The topological polar surface area (TPSA) is 110 Å². The summed E-state index contributed by atoms with van der Waals surface area (Å²) in [5.74, 6) is 2.18. The lowest BCUT2D eigenvalue weighted by atomic mass is 9.53. The Morgan fingerprint density at radius 3 is 2.78 bits per heavy atom. The van der Waals surface area contributed by atoms with Crippen LogP contribution in [0.15, 0.2) is 42.6 Å². The highest BCUT2D eigenvalue weighted by atomic mass is 16.5. The van der Waals surface area contributed by atoms with Crippen molar-refractivity contribution in [2.45, 2.75) is 50.5 Å². The van der Waals surface area contributed by atoms with Crippen LogP contribution in [0.1, 0.15) is 54.3 Å². The number of benzene rings is 1. The number of fused-ring (bicyclic) bond motifs is 2. The Morgan fingerprint density at radius 1 is 1.19 bits per heavy atom. The fourth-order valence-electron chi connectivity index (χ4n) is 6.87. The number of aryl methyl sites for hydroxylation is 2. The van der Waals surface area contributed by atoms with Crippen molar-refractivity contribution in [1.29, 1.82) is 0 Å². The van der Waals surface area contributed by atoms with Gasteiger partial charge in [-0.2, -0.15) is 5.10 Å². The number of nitrogens with zero attached hydrogens (tertiary/aromatic N) is 6. The third-order valence-electron chi connectivity index (χ3n) is 8.88. The molecule has 9 nitrogen and oxygen atoms in total. The maximum absolute atomic E-state index is 6.42. The summed E-state index contributed by atoms with van der Waals surface area (Å²) < 4.78 is 8.35. The minimum atomic E-state index is -0.633. The minimum absolute atomic E-state index is 0.0534. The van der Waals surface area contributed by atoms with Gasteiger partial charge < -0.3 is 15.4 Å². The molecule has 3 saturated heterocycles. The van der Waals surface area contributed by atoms with E-state index in [1.54, 1.807) is 0 Å². The molecule has 0 amide bonds. The highest BCUT2D eigenvalue weighted by Gasteiger charge is 2.74. The SMILES string of the molecule is Cc1nc(C2C3(CN)COC2(c2nc4c(C)cc(N5CC[C@](C)(c6ccccc6)C5)cn4n2)C3)n[nH]1. The zero-order valence-electron chi connectivity index (χ0n) is 21.0. The first-order valence-electron chi connectivity index (χ1n) is 12.8. The van der Waals surface area contributed by atoms with Gasteiger partial charge in [0.25, 0.3) is 0 Å². The van der Waals surface area contributed by atoms with Gasteiger partial charge in [-0.05, 0) is 43.9 Å². The van der Waals surface area contributed by atoms with E-state index in [1.165, 1.54) is 11.3 Å². The molecule has 3 aromatic heterocycles. The van der Waals surface area contributed by atoms with Gasteiger partial charge in [0.2, 0.25) is 0 Å². The molecule has 4 aromatic rings. The van der Waals surface area contributed by atoms with Crippen LogP contribution in [0.3, 0.4) is 0 Å². The highest BCUT2D eigenvalue weighted by molar-refractivity contribution is 5.58. The summed E-state index contributed by atoms with van der Waals surface area (Å²) in [5, 5.41) is 12.4. The summed E-state index contributed by atoms with van der Waals surface area (Å²) in [6, 6.07) is 13.1. The molecule has 0 spiro atoms. The standard InChI is InChI=1S/C27H32N8O/c1-17-11-20(34-10-9-25(3,15-34)19-7-5-4-6-8-19)12-35-23(17)30-24(33-35)27-13-26(14-28,16-36-27)21(27)22-29-18(2)31-32-22/h4-8,11-12,21H,9-10,13-16,28H2,1-3H3,(H,29,31,32)/t21?,25-,26?,27?/m0/s1. The molecule has 0 radical (unpaired) electrons. The summed E-state index contributed by atoms with van der Waals surface area (Å²) in [4.78, 5) is 12.1. The van der Waals surface area contributed by atoms with Gasteiger partial charge in [-0.25, -0.2) is 14.5 Å². The second-order valence-electron chi connectivity index (χ2n) is 11.3. The third-order valence-corrected chi connectivity index (χ3v) is 8.88. The van der Waals surface area contributed by atoms with E-state index in [0.717, 1.165) is 48.8 Å². The predicted octanol–water partition coefficient (Wildman–Crippen LogP) is 2.99. The first-order chi connectivity index (χ1) is 17.4. The fraction of sp³-hybridized carbons (Fsp3) is 0.481. The normalized spacial score (nSPS) is 31.3. The van der Waals surface area contributed by atoms with Crippen LogP contribution in [-0.2, 0) is 15.8 Å². The number of nitrogens with one attached hydrogen (secondary N) is 1. The van der Waals surface area contributed by atoms with Gasteiger partial charge in [-0.1, -0.05) is 37.3 Å². The maximum atomic E-state index is 6.42. The zero-order valence-corrected chi connectivity index (χ0v) is 21.0. The minimum Gasteiger partial charge on any atom is -0.369 e. The van der Waals surface area contributed by atoms with E-state index in [9.17, 15) is 0 Å². The lowest BCUT2D eigenvalue weighted by Crippen LogP contribution is -2.55. The molecular weight excluding hydrogens is 452 g/mol. The number of aromatic amines is 1. The number of anilines is 1. The van der Waals surface area contributed by atoms with E-state index >= 15 is 0 Å². The quantitative estimate of drug-likeness (QED) is 0.448. The zero-order chi connectivity index (χ0) is 24.7. The van der Waals surface area contributed by atoms with Crippen molar-refractivity contribution in [3.05, 3.63) is 71.2 Å². The summed E-state index contributed by atoms with van der Waals surface area (Å²) in [6.45, 7) is 9.47. The van der Waals surface area contributed by atoms with Crippen molar-refractivity contribution in [2.24, 2.45) is 11.1 Å². The molecule has 3 unspecified atom stereocenters. The van der Waals surface area contributed by atoms with Gasteiger partial charge in [-0.15, -0.1) is 5.10 Å². The van der Waals surface area contributed by atoms with E-state index < -0.39 is 5.60 Å². The van der Waals surface area contributed by atoms with Gasteiger partial charge in [0.15, 0.2) is 17.3 Å². The number of hydrogen-bond donors (Lipinski definition) is 2. The van der Waals surface area contributed by atoms with Gasteiger partial charge in [-0.3, -0.25) is 5.10 Å². The summed E-state index contributed by atoms with van der Waals surface area (Å²) in [7, 11) is 0. The van der Waals surface area contributed by atoms with E-state index in [1.807, 2.05) is 11.4 Å². The molecule has 4 aliphatic rings. The Kier molecular flexibility index (Phi) is 4.49. The Balaban J connectivity index is 1.24. The molecule has 1 aromatic carbocycles. The van der Waals surface area contributed by atoms with Crippen molar-refractivity contribution in [3.63, 3.8) is 0 Å². The molecule has 4 fully saturated rings. The maximum Gasteiger partial charge on any atom is 0.184 e. The third kappa shape index (κ3) is 2.90. The first kappa shape index (κ1) is 21.9. The van der Waals surface area contributed by atoms with E-state index in [-0.39, 0.29) is 16.7 Å². The van der Waals surface area contributed by atoms with E-state index in [2.05, 4.69) is 76.5 Å². The number of ether oxygens (including phenoxy) is 1. The Morgan fingerprint density at radius 2 is 2.03 bits per heavy atom. The van der Waals surface area contributed by atoms with Crippen LogP contribution in [0.2, 0.25) is 0 Å². The van der Waals surface area contributed by atoms with Crippen LogP contribution in [0.5, 0.6) is 0 Å². The number of pyridine rings is 1. The largest absolute Gasteiger partial charge is 0.369 e. The smallest absolute Gasteiger partial charge is 0.184 e. The van der Waals surface area contributed by atoms with Crippen LogP contribution in [0.25, 0.3) is 5.65 Å². The summed E-state index contributed by atoms with van der Waals surface area (Å²) in [5.41, 5.74) is 10.1. The van der Waals surface area contributed by atoms with Crippen LogP contribution in [-0.4, -0.2) is 56.0 Å². The number of H-pyrrole nitrogens is 1. The molecule has 4 atom stereocenters. The van der Waals surface area contributed by atoms with Crippen molar-refractivity contribution >= 4 is 11.3 Å². The summed E-state index contributed by atoms with van der Waals surface area (Å²) in [6.07, 6.45) is 4.02. The predicted molar refractivity (Wildman–Crippen MR) is 136 cm³/mol. The van der Waals surface area contributed by atoms with Crippen molar-refractivity contribution in [1.82, 2.24) is 29.8 Å². The summed E-state index contributed by atoms with van der Waals surface area (Å²) >= 11 is 0. The van der Waals surface area contributed by atoms with Crippen molar-refractivity contribution in [3.8, 4) is 0 Å². The van der Waals surface area contributed by atoms with E-state index in [4.69, 9.17) is 20.6 Å². The molecule has 1 saturated carbocycles. The molecule has 186 valence electrons. The molecule has 3 N–H and O–H groups in total. The van der Waals surface area contributed by atoms with Crippen LogP contribution < -0.4 is 10.6 Å². The van der Waals surface area contributed by atoms with E-state index in [0.29, 0.717) is 19.0 Å². The first-order valence-corrected chi connectivity index (χ1v) is 12.8. The van der Waals surface area contributed by atoms with Crippen LogP contribution >= 0.6 is 0 Å². The molecule has 8 rings (SSSR count). The highest BCUT2D eigenvalue weighted by Crippen LogP contribution is 2.70. The lowest BCUT2D eigenvalue weighted by Gasteiger charge is -2.49. The molecular formula is C27H32N8O. The Hall–Kier alpha value is -3.30. The van der Waals surface area contributed by atoms with Gasteiger partial charge in [0.05, 0.1) is 24.4 Å².